The van der Waals surface area contributed by atoms with Crippen LogP contribution in [0.15, 0.2) is 30.3 Å². The van der Waals surface area contributed by atoms with E-state index >= 15 is 0 Å². The fourth-order valence-electron chi connectivity index (χ4n) is 3.64. The third-order valence-corrected chi connectivity index (χ3v) is 5.23. The summed E-state index contributed by atoms with van der Waals surface area (Å²) in [6, 6.07) is 12.2. The molecule has 1 aliphatic heterocycles. The van der Waals surface area contributed by atoms with Gasteiger partial charge in [0.05, 0.1) is 18.2 Å². The molecule has 27 heavy (non-hydrogen) atoms. The Kier molecular flexibility index (Phi) is 5.94. The summed E-state index contributed by atoms with van der Waals surface area (Å²) in [7, 11) is 0. The van der Waals surface area contributed by atoms with Crippen molar-refractivity contribution in [3.05, 3.63) is 52.7 Å². The highest BCUT2D eigenvalue weighted by Crippen LogP contribution is 2.27. The fraction of sp³-hybridized carbons (Fsp3) is 0.429. The van der Waals surface area contributed by atoms with E-state index in [1.165, 1.54) is 0 Å². The number of aromatic nitrogens is 1. The van der Waals surface area contributed by atoms with Crippen LogP contribution in [0.4, 0.5) is 5.82 Å². The SMILES string of the molecule is Cc1c(C#N)c(NC(=O)CN2CCC[C@H](O)C2)n(Cc2ccccc2)c1C. The van der Waals surface area contributed by atoms with E-state index in [2.05, 4.69) is 11.4 Å². The molecule has 1 saturated heterocycles. The second-order valence-electron chi connectivity index (χ2n) is 7.20. The molecule has 1 aliphatic rings. The van der Waals surface area contributed by atoms with Gasteiger partial charge >= 0.3 is 0 Å². The van der Waals surface area contributed by atoms with Gasteiger partial charge in [-0.3, -0.25) is 9.69 Å². The van der Waals surface area contributed by atoms with Crippen LogP contribution in [0.2, 0.25) is 0 Å². The van der Waals surface area contributed by atoms with Crippen molar-refractivity contribution < 1.29 is 9.90 Å². The highest BCUT2D eigenvalue weighted by Gasteiger charge is 2.23. The van der Waals surface area contributed by atoms with Crippen molar-refractivity contribution >= 4 is 11.7 Å². The maximum Gasteiger partial charge on any atom is 0.239 e. The van der Waals surface area contributed by atoms with E-state index < -0.39 is 0 Å². The first-order chi connectivity index (χ1) is 13.0. The number of aliphatic hydroxyl groups excluding tert-OH is 1. The molecule has 6 heteroatoms. The lowest BCUT2D eigenvalue weighted by molar-refractivity contribution is -0.118. The van der Waals surface area contributed by atoms with Gasteiger partial charge in [-0.1, -0.05) is 30.3 Å². The van der Waals surface area contributed by atoms with Gasteiger partial charge in [0.15, 0.2) is 0 Å². The lowest BCUT2D eigenvalue weighted by Crippen LogP contribution is -2.42. The summed E-state index contributed by atoms with van der Waals surface area (Å²) in [6.07, 6.45) is 1.31. The summed E-state index contributed by atoms with van der Waals surface area (Å²) < 4.78 is 1.99. The summed E-state index contributed by atoms with van der Waals surface area (Å²) >= 11 is 0. The molecule has 0 aliphatic carbocycles. The number of aliphatic hydroxyl groups is 1. The summed E-state index contributed by atoms with van der Waals surface area (Å²) in [6.45, 7) is 6.01. The Morgan fingerprint density at radius 3 is 2.74 bits per heavy atom. The Hall–Kier alpha value is -2.62. The Bertz CT molecular complexity index is 851. The van der Waals surface area contributed by atoms with Gasteiger partial charge in [-0.25, -0.2) is 0 Å². The first-order valence-electron chi connectivity index (χ1n) is 9.33. The number of hydrogen-bond donors (Lipinski definition) is 2. The minimum absolute atomic E-state index is 0.160. The molecule has 0 spiro atoms. The highest BCUT2D eigenvalue weighted by molar-refractivity contribution is 5.93. The van der Waals surface area contributed by atoms with E-state index in [4.69, 9.17) is 0 Å². The number of amides is 1. The third kappa shape index (κ3) is 4.38. The van der Waals surface area contributed by atoms with Crippen molar-refractivity contribution in [2.75, 3.05) is 25.0 Å². The fourth-order valence-corrected chi connectivity index (χ4v) is 3.64. The Labute approximate surface area is 160 Å². The maximum atomic E-state index is 12.6. The number of benzene rings is 1. The van der Waals surface area contributed by atoms with Gasteiger partial charge in [0, 0.05) is 18.8 Å². The van der Waals surface area contributed by atoms with Crippen LogP contribution in [0, 0.1) is 25.2 Å². The molecule has 142 valence electrons. The average Bonchev–Trinajstić information content (AvgIpc) is 2.86. The molecule has 2 aromatic rings. The van der Waals surface area contributed by atoms with Gasteiger partial charge in [0.1, 0.15) is 11.9 Å². The predicted octanol–water partition coefficient (Wildman–Crippen LogP) is 2.42. The first-order valence-corrected chi connectivity index (χ1v) is 9.33. The van der Waals surface area contributed by atoms with E-state index in [0.29, 0.717) is 24.5 Å². The number of hydrogen-bond acceptors (Lipinski definition) is 4. The van der Waals surface area contributed by atoms with E-state index in [9.17, 15) is 15.2 Å². The monoisotopic (exact) mass is 366 g/mol. The van der Waals surface area contributed by atoms with Crippen LogP contribution in [-0.2, 0) is 11.3 Å². The molecule has 1 fully saturated rings. The molecule has 2 N–H and O–H groups in total. The van der Waals surface area contributed by atoms with Crippen LogP contribution in [-0.4, -0.2) is 46.2 Å². The minimum atomic E-state index is -0.368. The van der Waals surface area contributed by atoms with Crippen molar-refractivity contribution in [1.29, 1.82) is 5.26 Å². The molecule has 6 nitrogen and oxygen atoms in total. The maximum absolute atomic E-state index is 12.6. The van der Waals surface area contributed by atoms with Gasteiger partial charge in [-0.15, -0.1) is 0 Å². The van der Waals surface area contributed by atoms with Crippen molar-refractivity contribution in [2.45, 2.75) is 39.3 Å². The summed E-state index contributed by atoms with van der Waals surface area (Å²) in [5.74, 6) is 0.395. The second kappa shape index (κ2) is 8.38. The van der Waals surface area contributed by atoms with Crippen molar-refractivity contribution in [2.24, 2.45) is 0 Å². The second-order valence-corrected chi connectivity index (χ2v) is 7.20. The molecule has 0 radical (unpaired) electrons. The number of nitrogens with one attached hydrogen (secondary N) is 1. The Morgan fingerprint density at radius 1 is 1.33 bits per heavy atom. The number of β-amino-alcohol motifs (C(OH)–C–C–N with tert-alkyl or cyclic N) is 1. The lowest BCUT2D eigenvalue weighted by Gasteiger charge is -2.29. The van der Waals surface area contributed by atoms with Crippen molar-refractivity contribution in [3.63, 3.8) is 0 Å². The molecule has 1 aromatic carbocycles. The number of likely N-dealkylation sites (tertiary alicyclic amines) is 1. The normalized spacial score (nSPS) is 17.5. The molecular formula is C21H26N4O2. The molecule has 1 atom stereocenters. The van der Waals surface area contributed by atoms with Crippen LogP contribution >= 0.6 is 0 Å². The average molecular weight is 366 g/mol. The van der Waals surface area contributed by atoms with Gasteiger partial charge in [0.25, 0.3) is 0 Å². The summed E-state index contributed by atoms with van der Waals surface area (Å²) in [4.78, 5) is 14.6. The zero-order valence-electron chi connectivity index (χ0n) is 15.9. The van der Waals surface area contributed by atoms with E-state index in [-0.39, 0.29) is 18.6 Å². The smallest absolute Gasteiger partial charge is 0.239 e. The Balaban J connectivity index is 1.82. The van der Waals surface area contributed by atoms with Crippen LogP contribution in [0.25, 0.3) is 0 Å². The van der Waals surface area contributed by atoms with Gasteiger partial charge in [0.2, 0.25) is 5.91 Å². The zero-order chi connectivity index (χ0) is 19.4. The Morgan fingerprint density at radius 2 is 2.07 bits per heavy atom. The highest BCUT2D eigenvalue weighted by atomic mass is 16.3. The number of carbonyl (C=O) groups excluding carboxylic acids is 1. The largest absolute Gasteiger partial charge is 0.392 e. The molecular weight excluding hydrogens is 340 g/mol. The predicted molar refractivity (Wildman–Crippen MR) is 104 cm³/mol. The third-order valence-electron chi connectivity index (χ3n) is 5.23. The quantitative estimate of drug-likeness (QED) is 0.851. The molecule has 0 unspecified atom stereocenters. The molecule has 3 rings (SSSR count). The molecule has 1 aromatic heterocycles. The lowest BCUT2D eigenvalue weighted by atomic mass is 10.1. The van der Waals surface area contributed by atoms with Crippen LogP contribution in [0.1, 0.15) is 35.2 Å². The molecule has 0 saturated carbocycles. The van der Waals surface area contributed by atoms with E-state index in [0.717, 1.165) is 36.2 Å². The van der Waals surface area contributed by atoms with Gasteiger partial charge in [-0.05, 0) is 44.4 Å². The number of piperidine rings is 1. The molecule has 0 bridgehead atoms. The topological polar surface area (TPSA) is 81.3 Å². The van der Waals surface area contributed by atoms with E-state index in [1.54, 1.807) is 0 Å². The summed E-state index contributed by atoms with van der Waals surface area (Å²) in [5.41, 5.74) is 3.47. The van der Waals surface area contributed by atoms with Crippen LogP contribution < -0.4 is 5.32 Å². The zero-order valence-corrected chi connectivity index (χ0v) is 15.9. The van der Waals surface area contributed by atoms with Crippen molar-refractivity contribution in [1.82, 2.24) is 9.47 Å². The van der Waals surface area contributed by atoms with Gasteiger partial charge < -0.3 is 15.0 Å². The molecule has 1 amide bonds. The van der Waals surface area contributed by atoms with Crippen LogP contribution in [0.5, 0.6) is 0 Å². The van der Waals surface area contributed by atoms with Gasteiger partial charge in [-0.2, -0.15) is 5.26 Å². The standard InChI is InChI=1S/C21H26N4O2/c1-15-16(2)25(12-17-7-4-3-5-8-17)21(19(15)11-22)23-20(27)14-24-10-6-9-18(26)13-24/h3-5,7-8,18,26H,6,9-10,12-14H2,1-2H3,(H,23,27)/t18-/m0/s1. The summed E-state index contributed by atoms with van der Waals surface area (Å²) in [5, 5.41) is 22.4. The number of nitrogens with zero attached hydrogens (tertiary/aromatic N) is 3. The van der Waals surface area contributed by atoms with Crippen LogP contribution in [0.3, 0.4) is 0 Å². The molecule has 2 heterocycles. The number of anilines is 1. The number of carbonyl (C=O) groups is 1. The number of nitriles is 1. The first kappa shape index (κ1) is 19.2. The van der Waals surface area contributed by atoms with Crippen molar-refractivity contribution in [3.8, 4) is 6.07 Å². The minimum Gasteiger partial charge on any atom is -0.392 e. The van der Waals surface area contributed by atoms with E-state index in [1.807, 2.05) is 53.6 Å². The number of rotatable bonds is 5.